The van der Waals surface area contributed by atoms with Crippen LogP contribution in [0, 0.1) is 6.92 Å². The topological polar surface area (TPSA) is 54.0 Å². The quantitative estimate of drug-likeness (QED) is 0.894. The van der Waals surface area contributed by atoms with E-state index in [4.69, 9.17) is 0 Å². The normalized spacial score (nSPS) is 18.3. The zero-order chi connectivity index (χ0) is 12.5. The minimum absolute atomic E-state index is 0. The smallest absolute Gasteiger partial charge is 0.244 e. The van der Waals surface area contributed by atoms with Crippen molar-refractivity contribution >= 4 is 56.8 Å². The van der Waals surface area contributed by atoms with E-state index in [1.165, 1.54) is 11.3 Å². The lowest BCUT2D eigenvalue weighted by atomic mass is 10.2. The van der Waals surface area contributed by atoms with Crippen LogP contribution in [0.25, 0.3) is 10.2 Å². The number of anilines is 1. The van der Waals surface area contributed by atoms with Crippen molar-refractivity contribution in [3.8, 4) is 0 Å². The summed E-state index contributed by atoms with van der Waals surface area (Å²) in [6.45, 7) is 2.03. The Morgan fingerprint density at radius 3 is 3.05 bits per heavy atom. The predicted molar refractivity (Wildman–Crippen MR) is 84.5 cm³/mol. The zero-order valence-corrected chi connectivity index (χ0v) is 12.8. The number of halogens is 1. The van der Waals surface area contributed by atoms with Gasteiger partial charge in [0.15, 0.2) is 5.13 Å². The van der Waals surface area contributed by atoms with Gasteiger partial charge in [-0.2, -0.15) is 0 Å². The lowest BCUT2D eigenvalue weighted by molar-refractivity contribution is -0.117. The molecule has 4 nitrogen and oxygen atoms in total. The fourth-order valence-electron chi connectivity index (χ4n) is 1.90. The lowest BCUT2D eigenvalue weighted by Gasteiger charge is -2.07. The number of benzene rings is 1. The summed E-state index contributed by atoms with van der Waals surface area (Å²) in [5.41, 5.74) is 2.12. The van der Waals surface area contributed by atoms with E-state index < -0.39 is 0 Å². The average molecular weight is 316 g/mol. The molecule has 19 heavy (non-hydrogen) atoms. The van der Waals surface area contributed by atoms with E-state index >= 15 is 0 Å². The van der Waals surface area contributed by atoms with Gasteiger partial charge in [-0.05, 0) is 18.6 Å². The van der Waals surface area contributed by atoms with E-state index in [1.807, 2.05) is 25.1 Å². The molecule has 1 aromatic heterocycles. The molecule has 0 bridgehead atoms. The molecule has 0 saturated carbocycles. The summed E-state index contributed by atoms with van der Waals surface area (Å²) in [5, 5.41) is 6.73. The number of nitrogens with zero attached hydrogens (tertiary/aromatic N) is 1. The van der Waals surface area contributed by atoms with Crippen molar-refractivity contribution in [2.75, 3.05) is 16.9 Å². The van der Waals surface area contributed by atoms with Crippen molar-refractivity contribution in [3.63, 3.8) is 0 Å². The Labute approximate surface area is 125 Å². The van der Waals surface area contributed by atoms with Crippen LogP contribution in [-0.2, 0) is 4.79 Å². The second-order valence-electron chi connectivity index (χ2n) is 4.20. The molecule has 2 N–H and O–H groups in total. The molecule has 1 fully saturated rings. The van der Waals surface area contributed by atoms with Gasteiger partial charge in [0, 0.05) is 11.6 Å². The second kappa shape index (κ2) is 6.09. The first-order valence-electron chi connectivity index (χ1n) is 5.72. The highest BCUT2D eigenvalue weighted by Crippen LogP contribution is 2.28. The van der Waals surface area contributed by atoms with Crippen LogP contribution >= 0.6 is 35.5 Å². The number of thiazole rings is 1. The highest BCUT2D eigenvalue weighted by molar-refractivity contribution is 7.99. The number of hydrogen-bond acceptors (Lipinski definition) is 5. The molecule has 1 aromatic carbocycles. The van der Waals surface area contributed by atoms with Crippen LogP contribution in [0.3, 0.4) is 0 Å². The average Bonchev–Trinajstić information content (AvgIpc) is 2.97. The number of aryl methyl sites for hydroxylation is 1. The molecule has 102 valence electrons. The molecule has 1 atom stereocenters. The maximum absolute atomic E-state index is 12.0. The van der Waals surface area contributed by atoms with Gasteiger partial charge < -0.3 is 5.32 Å². The minimum Gasteiger partial charge on any atom is -0.301 e. The summed E-state index contributed by atoms with van der Waals surface area (Å²) in [5.74, 6) is 1.68. The molecular formula is C12H14ClN3OS2. The SMILES string of the molecule is Cc1cccc2sc(NC(=O)C3CSCN3)nc12.Cl. The first-order chi connectivity index (χ1) is 8.74. The number of aromatic nitrogens is 1. The Bertz CT molecular complexity index is 596. The Balaban J connectivity index is 0.00000133. The largest absolute Gasteiger partial charge is 0.301 e. The van der Waals surface area contributed by atoms with E-state index in [0.29, 0.717) is 5.13 Å². The summed E-state index contributed by atoms with van der Waals surface area (Å²) in [6.07, 6.45) is 0. The molecule has 2 aromatic rings. The van der Waals surface area contributed by atoms with Crippen molar-refractivity contribution in [2.45, 2.75) is 13.0 Å². The van der Waals surface area contributed by atoms with Crippen molar-refractivity contribution < 1.29 is 4.79 Å². The molecule has 0 radical (unpaired) electrons. The number of fused-ring (bicyclic) bond motifs is 1. The van der Waals surface area contributed by atoms with Crippen LogP contribution in [0.4, 0.5) is 5.13 Å². The maximum Gasteiger partial charge on any atom is 0.244 e. The van der Waals surface area contributed by atoms with Crippen molar-refractivity contribution in [1.82, 2.24) is 10.3 Å². The van der Waals surface area contributed by atoms with Gasteiger partial charge in [0.1, 0.15) is 0 Å². The van der Waals surface area contributed by atoms with Gasteiger partial charge in [0.2, 0.25) is 5.91 Å². The molecule has 1 saturated heterocycles. The summed E-state index contributed by atoms with van der Waals surface area (Å²) >= 11 is 3.26. The van der Waals surface area contributed by atoms with Gasteiger partial charge in [0.25, 0.3) is 0 Å². The number of carbonyl (C=O) groups excluding carboxylic acids is 1. The highest BCUT2D eigenvalue weighted by Gasteiger charge is 2.23. The van der Waals surface area contributed by atoms with E-state index in [9.17, 15) is 4.79 Å². The van der Waals surface area contributed by atoms with E-state index in [0.717, 1.165) is 27.4 Å². The zero-order valence-electron chi connectivity index (χ0n) is 10.3. The third kappa shape index (κ3) is 3.02. The van der Waals surface area contributed by atoms with Gasteiger partial charge in [-0.15, -0.1) is 24.2 Å². The monoisotopic (exact) mass is 315 g/mol. The Morgan fingerprint density at radius 1 is 1.53 bits per heavy atom. The van der Waals surface area contributed by atoms with Crippen LogP contribution in [0.2, 0.25) is 0 Å². The first-order valence-corrected chi connectivity index (χ1v) is 7.69. The third-order valence-electron chi connectivity index (χ3n) is 2.88. The predicted octanol–water partition coefficient (Wildman–Crippen LogP) is 2.63. The fourth-order valence-corrected chi connectivity index (χ4v) is 3.78. The molecule has 2 heterocycles. The lowest BCUT2D eigenvalue weighted by Crippen LogP contribution is -2.37. The first kappa shape index (κ1) is 14.6. The molecule has 0 spiro atoms. The van der Waals surface area contributed by atoms with Crippen LogP contribution in [0.15, 0.2) is 18.2 Å². The number of rotatable bonds is 2. The molecule has 0 aliphatic carbocycles. The van der Waals surface area contributed by atoms with Gasteiger partial charge in [-0.25, -0.2) is 4.98 Å². The summed E-state index contributed by atoms with van der Waals surface area (Å²) in [7, 11) is 0. The van der Waals surface area contributed by atoms with Crippen LogP contribution in [0.1, 0.15) is 5.56 Å². The van der Waals surface area contributed by atoms with Gasteiger partial charge in [-0.1, -0.05) is 23.5 Å². The van der Waals surface area contributed by atoms with Gasteiger partial charge in [-0.3, -0.25) is 10.1 Å². The molecule has 1 amide bonds. The molecular weight excluding hydrogens is 302 g/mol. The van der Waals surface area contributed by atoms with Crippen LogP contribution in [-0.4, -0.2) is 28.6 Å². The Kier molecular flexibility index (Phi) is 4.67. The van der Waals surface area contributed by atoms with Crippen molar-refractivity contribution in [2.24, 2.45) is 0 Å². The van der Waals surface area contributed by atoms with Crippen molar-refractivity contribution in [1.29, 1.82) is 0 Å². The fraction of sp³-hybridized carbons (Fsp3) is 0.333. The Morgan fingerprint density at radius 2 is 2.37 bits per heavy atom. The molecule has 7 heteroatoms. The molecule has 3 rings (SSSR count). The van der Waals surface area contributed by atoms with E-state index in [2.05, 4.69) is 15.6 Å². The number of nitrogens with one attached hydrogen (secondary N) is 2. The number of amides is 1. The molecule has 1 aliphatic rings. The van der Waals surface area contributed by atoms with Gasteiger partial charge in [0.05, 0.1) is 16.3 Å². The van der Waals surface area contributed by atoms with Crippen molar-refractivity contribution in [3.05, 3.63) is 23.8 Å². The number of hydrogen-bond donors (Lipinski definition) is 2. The second-order valence-corrected chi connectivity index (χ2v) is 6.26. The molecule has 1 unspecified atom stereocenters. The summed E-state index contributed by atoms with van der Waals surface area (Å²) < 4.78 is 1.11. The minimum atomic E-state index is -0.0943. The Hall–Kier alpha value is -0.820. The van der Waals surface area contributed by atoms with E-state index in [1.54, 1.807) is 11.8 Å². The third-order valence-corrected chi connectivity index (χ3v) is 4.76. The standard InChI is InChI=1S/C12H13N3OS2.ClH/c1-7-3-2-4-9-10(7)14-12(18-9)15-11(16)8-5-17-6-13-8;/h2-4,8,13H,5-6H2,1H3,(H,14,15,16);1H. The van der Waals surface area contributed by atoms with E-state index in [-0.39, 0.29) is 24.4 Å². The van der Waals surface area contributed by atoms with Gasteiger partial charge >= 0.3 is 0 Å². The number of para-hydroxylation sites is 1. The number of carbonyl (C=O) groups is 1. The molecule has 1 aliphatic heterocycles. The van der Waals surface area contributed by atoms with Crippen LogP contribution in [0.5, 0.6) is 0 Å². The maximum atomic E-state index is 12.0. The summed E-state index contributed by atoms with van der Waals surface area (Å²) in [6, 6.07) is 5.97. The van der Waals surface area contributed by atoms with Crippen LogP contribution < -0.4 is 10.6 Å². The summed E-state index contributed by atoms with van der Waals surface area (Å²) in [4.78, 5) is 16.4. The number of thioether (sulfide) groups is 1. The highest BCUT2D eigenvalue weighted by atomic mass is 35.5.